The Morgan fingerprint density at radius 2 is 2.13 bits per heavy atom. The second kappa shape index (κ2) is 6.46. The van der Waals surface area contributed by atoms with Crippen LogP contribution in [0.4, 0.5) is 0 Å². The van der Waals surface area contributed by atoms with E-state index >= 15 is 0 Å². The molecule has 0 bridgehead atoms. The number of likely N-dealkylation sites (N-methyl/N-ethyl adjacent to an activating group) is 1. The first-order valence-corrected chi connectivity index (χ1v) is 6.17. The number of ether oxygens (including phenoxy) is 1. The Balaban J connectivity index is 2.23. The molecule has 0 aromatic carbocycles. The van der Waals surface area contributed by atoms with Crippen molar-refractivity contribution in [2.45, 2.75) is 57.7 Å². The quantitative estimate of drug-likeness (QED) is 0.755. The van der Waals surface area contributed by atoms with Crippen LogP contribution in [0.2, 0.25) is 0 Å². The van der Waals surface area contributed by atoms with Gasteiger partial charge in [0.15, 0.2) is 0 Å². The molecule has 0 saturated carbocycles. The maximum atomic E-state index is 5.81. The molecule has 0 spiro atoms. The van der Waals surface area contributed by atoms with E-state index in [9.17, 15) is 0 Å². The van der Waals surface area contributed by atoms with Crippen molar-refractivity contribution in [1.82, 2.24) is 4.90 Å². The van der Waals surface area contributed by atoms with Gasteiger partial charge in [0.05, 0.1) is 6.10 Å². The number of hydrogen-bond acceptors (Lipinski definition) is 3. The number of rotatable bonds is 5. The van der Waals surface area contributed by atoms with Crippen LogP contribution in [0.15, 0.2) is 0 Å². The van der Waals surface area contributed by atoms with Gasteiger partial charge in [-0.1, -0.05) is 0 Å². The first-order chi connectivity index (χ1) is 7.09. The fourth-order valence-electron chi connectivity index (χ4n) is 2.17. The molecule has 1 aliphatic heterocycles. The minimum absolute atomic E-state index is 0.287. The average Bonchev–Trinajstić information content (AvgIpc) is 2.18. The van der Waals surface area contributed by atoms with Gasteiger partial charge in [0.25, 0.3) is 0 Å². The molecule has 90 valence electrons. The van der Waals surface area contributed by atoms with Crippen molar-refractivity contribution in [3.8, 4) is 0 Å². The maximum absolute atomic E-state index is 5.81. The molecule has 0 radical (unpaired) electrons. The summed E-state index contributed by atoms with van der Waals surface area (Å²) in [5, 5.41) is 0. The predicted octanol–water partition coefficient (Wildman–Crippen LogP) is 1.61. The highest BCUT2D eigenvalue weighted by molar-refractivity contribution is 4.73. The highest BCUT2D eigenvalue weighted by Crippen LogP contribution is 2.15. The van der Waals surface area contributed by atoms with Gasteiger partial charge in [-0.3, -0.25) is 0 Å². The number of nitrogens with two attached hydrogens (primary N) is 1. The third-order valence-electron chi connectivity index (χ3n) is 3.23. The zero-order valence-electron chi connectivity index (χ0n) is 10.4. The summed E-state index contributed by atoms with van der Waals surface area (Å²) >= 11 is 0. The summed E-state index contributed by atoms with van der Waals surface area (Å²) in [6.45, 7) is 6.31. The summed E-state index contributed by atoms with van der Waals surface area (Å²) < 4.78 is 5.73. The second-order valence-electron chi connectivity index (χ2n) is 4.99. The molecule has 1 fully saturated rings. The first-order valence-electron chi connectivity index (χ1n) is 6.17. The molecule has 1 heterocycles. The lowest BCUT2D eigenvalue weighted by molar-refractivity contribution is -0.00778. The van der Waals surface area contributed by atoms with Gasteiger partial charge in [0.1, 0.15) is 0 Å². The van der Waals surface area contributed by atoms with Crippen molar-refractivity contribution in [2.75, 3.05) is 20.2 Å². The Hall–Kier alpha value is -0.120. The van der Waals surface area contributed by atoms with Gasteiger partial charge in [0.2, 0.25) is 0 Å². The molecular weight excluding hydrogens is 188 g/mol. The fourth-order valence-corrected chi connectivity index (χ4v) is 2.17. The highest BCUT2D eigenvalue weighted by Gasteiger charge is 2.19. The Morgan fingerprint density at radius 1 is 1.40 bits per heavy atom. The van der Waals surface area contributed by atoms with Crippen molar-refractivity contribution < 1.29 is 4.74 Å². The van der Waals surface area contributed by atoms with E-state index in [1.165, 1.54) is 19.3 Å². The smallest absolute Gasteiger partial charge is 0.0702 e. The molecule has 3 atom stereocenters. The molecule has 15 heavy (non-hydrogen) atoms. The van der Waals surface area contributed by atoms with E-state index in [0.717, 1.165) is 19.6 Å². The fraction of sp³-hybridized carbons (Fsp3) is 1.00. The van der Waals surface area contributed by atoms with E-state index in [0.29, 0.717) is 12.1 Å². The van der Waals surface area contributed by atoms with Crippen molar-refractivity contribution in [3.05, 3.63) is 0 Å². The second-order valence-corrected chi connectivity index (χ2v) is 4.99. The predicted molar refractivity (Wildman–Crippen MR) is 63.9 cm³/mol. The molecule has 3 heteroatoms. The average molecular weight is 214 g/mol. The van der Waals surface area contributed by atoms with Crippen LogP contribution in [0.5, 0.6) is 0 Å². The van der Waals surface area contributed by atoms with Gasteiger partial charge >= 0.3 is 0 Å². The SMILES string of the molecule is CC(N)CC(C)N(C)CC1CCCCO1. The molecule has 1 saturated heterocycles. The molecule has 3 nitrogen and oxygen atoms in total. The van der Waals surface area contributed by atoms with Gasteiger partial charge in [-0.2, -0.15) is 0 Å². The van der Waals surface area contributed by atoms with Gasteiger partial charge in [-0.15, -0.1) is 0 Å². The van der Waals surface area contributed by atoms with E-state index in [-0.39, 0.29) is 6.04 Å². The summed E-state index contributed by atoms with van der Waals surface area (Å²) in [4.78, 5) is 2.37. The minimum Gasteiger partial charge on any atom is -0.377 e. The first kappa shape index (κ1) is 12.9. The van der Waals surface area contributed by atoms with Crippen LogP contribution in [0.3, 0.4) is 0 Å². The van der Waals surface area contributed by atoms with Crippen LogP contribution in [0.25, 0.3) is 0 Å². The zero-order chi connectivity index (χ0) is 11.3. The van der Waals surface area contributed by atoms with Gasteiger partial charge in [-0.05, 0) is 46.6 Å². The molecule has 1 aliphatic rings. The molecule has 0 aliphatic carbocycles. The number of hydrogen-bond donors (Lipinski definition) is 1. The highest BCUT2D eigenvalue weighted by atomic mass is 16.5. The standard InChI is InChI=1S/C12H26N2O/c1-10(13)8-11(2)14(3)9-12-6-4-5-7-15-12/h10-12H,4-9,13H2,1-3H3. The van der Waals surface area contributed by atoms with Crippen LogP contribution in [-0.4, -0.2) is 43.3 Å². The summed E-state index contributed by atoms with van der Waals surface area (Å²) in [5.41, 5.74) is 5.81. The van der Waals surface area contributed by atoms with Crippen LogP contribution in [-0.2, 0) is 4.74 Å². The molecule has 0 aromatic heterocycles. The van der Waals surface area contributed by atoms with Gasteiger partial charge in [0, 0.05) is 25.2 Å². The monoisotopic (exact) mass is 214 g/mol. The van der Waals surface area contributed by atoms with Crippen LogP contribution in [0, 0.1) is 0 Å². The Kier molecular flexibility index (Phi) is 5.58. The van der Waals surface area contributed by atoms with Gasteiger partial charge in [-0.25, -0.2) is 0 Å². The van der Waals surface area contributed by atoms with E-state index in [4.69, 9.17) is 10.5 Å². The lowest BCUT2D eigenvalue weighted by Crippen LogP contribution is -2.40. The summed E-state index contributed by atoms with van der Waals surface area (Å²) in [6, 6.07) is 0.838. The Labute approximate surface area is 94.0 Å². The lowest BCUT2D eigenvalue weighted by Gasteiger charge is -2.31. The van der Waals surface area contributed by atoms with E-state index in [1.54, 1.807) is 0 Å². The van der Waals surface area contributed by atoms with Crippen LogP contribution < -0.4 is 5.73 Å². The van der Waals surface area contributed by atoms with Crippen LogP contribution in [0.1, 0.15) is 39.5 Å². The third kappa shape index (κ3) is 4.96. The van der Waals surface area contributed by atoms with E-state index in [1.807, 2.05) is 0 Å². The van der Waals surface area contributed by atoms with E-state index < -0.39 is 0 Å². The molecule has 0 amide bonds. The Bertz CT molecular complexity index is 167. The Morgan fingerprint density at radius 3 is 2.67 bits per heavy atom. The minimum atomic E-state index is 0.287. The molecular formula is C12H26N2O. The third-order valence-corrected chi connectivity index (χ3v) is 3.23. The normalized spacial score (nSPS) is 26.6. The summed E-state index contributed by atoms with van der Waals surface area (Å²) in [6.07, 6.45) is 5.27. The summed E-state index contributed by atoms with van der Waals surface area (Å²) in [7, 11) is 2.17. The van der Waals surface area contributed by atoms with E-state index in [2.05, 4.69) is 25.8 Å². The number of nitrogens with zero attached hydrogens (tertiary/aromatic N) is 1. The largest absolute Gasteiger partial charge is 0.377 e. The molecule has 1 rings (SSSR count). The van der Waals surface area contributed by atoms with Crippen molar-refractivity contribution in [2.24, 2.45) is 5.73 Å². The van der Waals surface area contributed by atoms with Crippen molar-refractivity contribution in [1.29, 1.82) is 0 Å². The molecule has 2 N–H and O–H groups in total. The van der Waals surface area contributed by atoms with Crippen molar-refractivity contribution in [3.63, 3.8) is 0 Å². The van der Waals surface area contributed by atoms with Gasteiger partial charge < -0.3 is 15.4 Å². The maximum Gasteiger partial charge on any atom is 0.0702 e. The topological polar surface area (TPSA) is 38.5 Å². The van der Waals surface area contributed by atoms with Crippen molar-refractivity contribution >= 4 is 0 Å². The molecule has 3 unspecified atom stereocenters. The summed E-state index contributed by atoms with van der Waals surface area (Å²) in [5.74, 6) is 0. The zero-order valence-corrected chi connectivity index (χ0v) is 10.4. The van der Waals surface area contributed by atoms with Crippen LogP contribution >= 0.6 is 0 Å². The molecule has 0 aromatic rings. The lowest BCUT2D eigenvalue weighted by atomic mass is 10.1.